The summed E-state index contributed by atoms with van der Waals surface area (Å²) in [7, 11) is 0. The maximum atomic E-state index is 13.3. The molecule has 0 saturated heterocycles. The highest BCUT2D eigenvalue weighted by atomic mass is 32.1. The van der Waals surface area contributed by atoms with Crippen molar-refractivity contribution in [2.45, 2.75) is 0 Å². The molecule has 0 bridgehead atoms. The standard InChI is InChI=1S/C11H7FO2S/c12-9-6-7(10-2-1-5-15-10)3-4-8(9)11(13)14/h1-6H,(H,13,14). The Hall–Kier alpha value is -1.68. The van der Waals surface area contributed by atoms with E-state index in [4.69, 9.17) is 5.11 Å². The third-order valence-corrected chi connectivity index (χ3v) is 2.92. The van der Waals surface area contributed by atoms with Gasteiger partial charge in [-0.1, -0.05) is 12.1 Å². The fourth-order valence-corrected chi connectivity index (χ4v) is 2.01. The van der Waals surface area contributed by atoms with Gasteiger partial charge in [-0.15, -0.1) is 11.3 Å². The van der Waals surface area contributed by atoms with E-state index in [0.29, 0.717) is 5.56 Å². The number of thiophene rings is 1. The van der Waals surface area contributed by atoms with E-state index in [-0.39, 0.29) is 5.56 Å². The van der Waals surface area contributed by atoms with Crippen molar-refractivity contribution in [1.29, 1.82) is 0 Å². The highest BCUT2D eigenvalue weighted by Crippen LogP contribution is 2.26. The Morgan fingerprint density at radius 2 is 2.13 bits per heavy atom. The van der Waals surface area contributed by atoms with Gasteiger partial charge in [-0.2, -0.15) is 0 Å². The van der Waals surface area contributed by atoms with Crippen LogP contribution in [0.25, 0.3) is 10.4 Å². The smallest absolute Gasteiger partial charge is 0.338 e. The topological polar surface area (TPSA) is 37.3 Å². The Bertz CT molecular complexity index is 491. The highest BCUT2D eigenvalue weighted by Gasteiger charge is 2.11. The summed E-state index contributed by atoms with van der Waals surface area (Å²) in [6, 6.07) is 7.86. The van der Waals surface area contributed by atoms with Gasteiger partial charge < -0.3 is 5.11 Å². The minimum atomic E-state index is -1.25. The van der Waals surface area contributed by atoms with Gasteiger partial charge in [-0.05, 0) is 29.1 Å². The first-order chi connectivity index (χ1) is 7.18. The summed E-state index contributed by atoms with van der Waals surface area (Å²) in [5.74, 6) is -1.95. The van der Waals surface area contributed by atoms with Crippen molar-refractivity contribution in [3.63, 3.8) is 0 Å². The van der Waals surface area contributed by atoms with Gasteiger partial charge in [-0.3, -0.25) is 0 Å². The monoisotopic (exact) mass is 222 g/mol. The zero-order valence-electron chi connectivity index (χ0n) is 7.61. The lowest BCUT2D eigenvalue weighted by Crippen LogP contribution is -1.99. The molecule has 0 atom stereocenters. The first-order valence-corrected chi connectivity index (χ1v) is 5.13. The third-order valence-electron chi connectivity index (χ3n) is 2.01. The number of halogens is 1. The normalized spacial score (nSPS) is 10.2. The zero-order chi connectivity index (χ0) is 10.8. The molecule has 1 aromatic carbocycles. The van der Waals surface area contributed by atoms with Crippen LogP contribution in [0.1, 0.15) is 10.4 Å². The molecule has 76 valence electrons. The van der Waals surface area contributed by atoms with E-state index < -0.39 is 11.8 Å². The molecule has 0 fully saturated rings. The van der Waals surface area contributed by atoms with Crippen LogP contribution >= 0.6 is 11.3 Å². The van der Waals surface area contributed by atoms with Crippen molar-refractivity contribution >= 4 is 17.3 Å². The van der Waals surface area contributed by atoms with E-state index >= 15 is 0 Å². The summed E-state index contributed by atoms with van der Waals surface area (Å²) in [4.78, 5) is 11.5. The minimum Gasteiger partial charge on any atom is -0.478 e. The van der Waals surface area contributed by atoms with Gasteiger partial charge in [0.2, 0.25) is 0 Å². The number of hydrogen-bond donors (Lipinski definition) is 1. The van der Waals surface area contributed by atoms with Gasteiger partial charge in [0.1, 0.15) is 5.82 Å². The molecule has 4 heteroatoms. The fourth-order valence-electron chi connectivity index (χ4n) is 1.28. The summed E-state index contributed by atoms with van der Waals surface area (Å²) >= 11 is 1.48. The van der Waals surface area contributed by atoms with Crippen molar-refractivity contribution in [1.82, 2.24) is 0 Å². The SMILES string of the molecule is O=C(O)c1ccc(-c2cccs2)cc1F. The maximum Gasteiger partial charge on any atom is 0.338 e. The molecule has 0 unspecified atom stereocenters. The first-order valence-electron chi connectivity index (χ1n) is 4.25. The van der Waals surface area contributed by atoms with Crippen LogP contribution in [0.5, 0.6) is 0 Å². The molecule has 15 heavy (non-hydrogen) atoms. The van der Waals surface area contributed by atoms with Crippen LogP contribution in [0.15, 0.2) is 35.7 Å². The number of hydrogen-bond acceptors (Lipinski definition) is 2. The second kappa shape index (κ2) is 3.82. The molecule has 1 aromatic heterocycles. The lowest BCUT2D eigenvalue weighted by molar-refractivity contribution is 0.0692. The molecule has 2 aromatic rings. The Morgan fingerprint density at radius 1 is 1.33 bits per heavy atom. The summed E-state index contributed by atoms with van der Waals surface area (Å²) < 4.78 is 13.3. The van der Waals surface area contributed by atoms with Crippen LogP contribution in [-0.4, -0.2) is 11.1 Å². The molecule has 0 saturated carbocycles. The Kier molecular flexibility index (Phi) is 2.51. The summed E-state index contributed by atoms with van der Waals surface area (Å²) in [6.45, 7) is 0. The van der Waals surface area contributed by atoms with Gasteiger partial charge in [0.15, 0.2) is 0 Å². The van der Waals surface area contributed by atoms with Gasteiger partial charge in [0, 0.05) is 4.88 Å². The largest absolute Gasteiger partial charge is 0.478 e. The van der Waals surface area contributed by atoms with Gasteiger partial charge in [0.25, 0.3) is 0 Å². The number of benzene rings is 1. The maximum absolute atomic E-state index is 13.3. The van der Waals surface area contributed by atoms with E-state index in [9.17, 15) is 9.18 Å². The van der Waals surface area contributed by atoms with Gasteiger partial charge in [0.05, 0.1) is 5.56 Å². The number of carboxylic acids is 1. The van der Waals surface area contributed by atoms with Crippen molar-refractivity contribution in [3.05, 3.63) is 47.1 Å². The quantitative estimate of drug-likeness (QED) is 0.846. The summed E-state index contributed by atoms with van der Waals surface area (Å²) in [5, 5.41) is 10.5. The van der Waals surface area contributed by atoms with Crippen LogP contribution in [0.3, 0.4) is 0 Å². The lowest BCUT2D eigenvalue weighted by Gasteiger charge is -2.00. The molecular weight excluding hydrogens is 215 g/mol. The summed E-state index contributed by atoms with van der Waals surface area (Å²) in [5.41, 5.74) is 0.405. The third kappa shape index (κ3) is 1.89. The summed E-state index contributed by atoms with van der Waals surface area (Å²) in [6.07, 6.45) is 0. The predicted molar refractivity (Wildman–Crippen MR) is 56.7 cm³/mol. The average Bonchev–Trinajstić information content (AvgIpc) is 2.69. The number of carboxylic acid groups (broad SMARTS) is 1. The van der Waals surface area contributed by atoms with Crippen molar-refractivity contribution in [2.75, 3.05) is 0 Å². The Labute approximate surface area is 89.6 Å². The molecule has 0 amide bonds. The first kappa shape index (κ1) is 9.86. The van der Waals surface area contributed by atoms with Crippen molar-refractivity contribution in [2.24, 2.45) is 0 Å². The molecule has 0 radical (unpaired) electrons. The molecule has 0 spiro atoms. The molecule has 0 aliphatic carbocycles. The molecule has 0 aliphatic heterocycles. The van der Waals surface area contributed by atoms with Crippen LogP contribution in [-0.2, 0) is 0 Å². The van der Waals surface area contributed by atoms with E-state index in [1.54, 1.807) is 6.07 Å². The molecular formula is C11H7FO2S. The van der Waals surface area contributed by atoms with Crippen LogP contribution in [0.2, 0.25) is 0 Å². The van der Waals surface area contributed by atoms with E-state index in [0.717, 1.165) is 4.88 Å². The highest BCUT2D eigenvalue weighted by molar-refractivity contribution is 7.13. The van der Waals surface area contributed by atoms with Crippen molar-refractivity contribution in [3.8, 4) is 10.4 Å². The zero-order valence-corrected chi connectivity index (χ0v) is 8.42. The van der Waals surface area contributed by atoms with Crippen LogP contribution < -0.4 is 0 Å². The number of aromatic carboxylic acids is 1. The molecule has 1 heterocycles. The molecule has 2 rings (SSSR count). The van der Waals surface area contributed by atoms with Crippen LogP contribution in [0, 0.1) is 5.82 Å². The average molecular weight is 222 g/mol. The molecule has 0 aliphatic rings. The Morgan fingerprint density at radius 3 is 2.67 bits per heavy atom. The van der Waals surface area contributed by atoms with E-state index in [1.807, 2.05) is 17.5 Å². The fraction of sp³-hybridized carbons (Fsp3) is 0. The second-order valence-electron chi connectivity index (χ2n) is 2.98. The van der Waals surface area contributed by atoms with E-state index in [2.05, 4.69) is 0 Å². The Balaban J connectivity index is 2.47. The lowest BCUT2D eigenvalue weighted by atomic mass is 10.1. The van der Waals surface area contributed by atoms with Gasteiger partial charge in [-0.25, -0.2) is 9.18 Å². The minimum absolute atomic E-state index is 0.296. The number of rotatable bonds is 2. The van der Waals surface area contributed by atoms with E-state index in [1.165, 1.54) is 23.5 Å². The predicted octanol–water partition coefficient (Wildman–Crippen LogP) is 3.25. The molecule has 1 N–H and O–H groups in total. The van der Waals surface area contributed by atoms with Crippen LogP contribution in [0.4, 0.5) is 4.39 Å². The van der Waals surface area contributed by atoms with Gasteiger partial charge >= 0.3 is 5.97 Å². The second-order valence-corrected chi connectivity index (χ2v) is 3.92. The number of carbonyl (C=O) groups is 1. The van der Waals surface area contributed by atoms with Crippen molar-refractivity contribution < 1.29 is 14.3 Å². The molecule has 2 nitrogen and oxygen atoms in total.